The molecule has 0 heterocycles. The number of ketones is 1. The van der Waals surface area contributed by atoms with E-state index in [4.69, 9.17) is 4.74 Å². The molecule has 0 aromatic heterocycles. The Labute approximate surface area is 110 Å². The average molecular weight is 258 g/mol. The lowest BCUT2D eigenvalue weighted by Gasteiger charge is -2.07. The van der Waals surface area contributed by atoms with E-state index < -0.39 is 0 Å². The van der Waals surface area contributed by atoms with E-state index in [1.165, 1.54) is 18.2 Å². The predicted octanol–water partition coefficient (Wildman–Crippen LogP) is 2.53. The second kappa shape index (κ2) is 5.44. The fourth-order valence-corrected chi connectivity index (χ4v) is 1.83. The molecule has 0 aliphatic rings. The molecular weight excluding hydrogens is 244 g/mol. The van der Waals surface area contributed by atoms with Gasteiger partial charge in [0.05, 0.1) is 7.11 Å². The third-order valence-corrected chi connectivity index (χ3v) is 2.82. The van der Waals surface area contributed by atoms with E-state index in [-0.39, 0.29) is 29.3 Å². The Morgan fingerprint density at radius 1 is 1.05 bits per heavy atom. The molecule has 0 unspecified atom stereocenters. The number of aromatic hydroxyl groups is 2. The molecular formula is C15H14O4. The lowest BCUT2D eigenvalue weighted by Crippen LogP contribution is -2.04. The summed E-state index contributed by atoms with van der Waals surface area (Å²) in [4.78, 5) is 12.1. The molecule has 0 fully saturated rings. The Bertz CT molecular complexity index is 567. The van der Waals surface area contributed by atoms with E-state index in [1.54, 1.807) is 31.4 Å². The third kappa shape index (κ3) is 2.85. The molecule has 0 aliphatic heterocycles. The van der Waals surface area contributed by atoms with E-state index in [1.807, 2.05) is 0 Å². The Morgan fingerprint density at radius 2 is 1.63 bits per heavy atom. The summed E-state index contributed by atoms with van der Waals surface area (Å²) in [7, 11) is 1.57. The molecule has 19 heavy (non-hydrogen) atoms. The van der Waals surface area contributed by atoms with Crippen LogP contribution in [-0.4, -0.2) is 23.1 Å². The molecule has 2 rings (SSSR count). The third-order valence-electron chi connectivity index (χ3n) is 2.82. The van der Waals surface area contributed by atoms with Crippen molar-refractivity contribution in [3.05, 3.63) is 53.6 Å². The lowest BCUT2D eigenvalue weighted by molar-refractivity contribution is 0.0987. The van der Waals surface area contributed by atoms with Crippen LogP contribution in [0.25, 0.3) is 0 Å². The summed E-state index contributed by atoms with van der Waals surface area (Å²) < 4.78 is 5.03. The van der Waals surface area contributed by atoms with Crippen molar-refractivity contribution in [1.29, 1.82) is 0 Å². The second-order valence-corrected chi connectivity index (χ2v) is 4.12. The second-order valence-electron chi connectivity index (χ2n) is 4.12. The first kappa shape index (κ1) is 13.0. The highest BCUT2D eigenvalue weighted by atomic mass is 16.5. The van der Waals surface area contributed by atoms with Gasteiger partial charge in [-0.1, -0.05) is 18.2 Å². The van der Waals surface area contributed by atoms with Crippen LogP contribution in [0.4, 0.5) is 0 Å². The maximum absolute atomic E-state index is 12.1. The summed E-state index contributed by atoms with van der Waals surface area (Å²) >= 11 is 0. The van der Waals surface area contributed by atoms with Gasteiger partial charge in [-0.25, -0.2) is 0 Å². The number of carbonyl (C=O) groups excluding carboxylic acids is 1. The van der Waals surface area contributed by atoms with Gasteiger partial charge in [-0.3, -0.25) is 4.79 Å². The number of hydrogen-bond acceptors (Lipinski definition) is 4. The Hall–Kier alpha value is -2.49. The van der Waals surface area contributed by atoms with Gasteiger partial charge in [-0.15, -0.1) is 0 Å². The predicted molar refractivity (Wildman–Crippen MR) is 70.8 cm³/mol. The molecule has 4 heteroatoms. The molecule has 0 aliphatic carbocycles. The first-order chi connectivity index (χ1) is 9.11. The van der Waals surface area contributed by atoms with Crippen molar-refractivity contribution in [2.75, 3.05) is 7.11 Å². The molecule has 2 aromatic rings. The molecule has 98 valence electrons. The van der Waals surface area contributed by atoms with Crippen LogP contribution in [0.5, 0.6) is 17.2 Å². The highest BCUT2D eigenvalue weighted by molar-refractivity contribution is 6.02. The van der Waals surface area contributed by atoms with Crippen LogP contribution < -0.4 is 4.74 Å². The number of phenols is 2. The van der Waals surface area contributed by atoms with Crippen molar-refractivity contribution in [2.24, 2.45) is 0 Å². The van der Waals surface area contributed by atoms with Gasteiger partial charge in [0, 0.05) is 6.42 Å². The van der Waals surface area contributed by atoms with Crippen molar-refractivity contribution < 1.29 is 19.7 Å². The molecule has 0 atom stereocenters. The van der Waals surface area contributed by atoms with Gasteiger partial charge in [-0.05, 0) is 29.8 Å². The average Bonchev–Trinajstić information content (AvgIpc) is 2.39. The van der Waals surface area contributed by atoms with E-state index >= 15 is 0 Å². The fourth-order valence-electron chi connectivity index (χ4n) is 1.83. The molecule has 2 N–H and O–H groups in total. The Kier molecular flexibility index (Phi) is 3.71. The molecule has 0 spiro atoms. The van der Waals surface area contributed by atoms with E-state index in [9.17, 15) is 15.0 Å². The Morgan fingerprint density at radius 3 is 2.16 bits per heavy atom. The summed E-state index contributed by atoms with van der Waals surface area (Å²) in [6.45, 7) is 0. The van der Waals surface area contributed by atoms with Crippen LogP contribution in [0.2, 0.25) is 0 Å². The van der Waals surface area contributed by atoms with Gasteiger partial charge < -0.3 is 14.9 Å². The standard InChI is InChI=1S/C15H14O4/c1-19-11-7-5-10(6-8-11)9-14(18)15-12(16)3-2-4-13(15)17/h2-8,16-17H,9H2,1H3. The van der Waals surface area contributed by atoms with Gasteiger partial charge in [0.2, 0.25) is 0 Å². The van der Waals surface area contributed by atoms with Crippen molar-refractivity contribution in [2.45, 2.75) is 6.42 Å². The van der Waals surface area contributed by atoms with Crippen molar-refractivity contribution in [3.8, 4) is 17.2 Å². The Balaban J connectivity index is 2.21. The van der Waals surface area contributed by atoms with E-state index in [0.29, 0.717) is 5.75 Å². The van der Waals surface area contributed by atoms with Crippen molar-refractivity contribution >= 4 is 5.78 Å². The van der Waals surface area contributed by atoms with Crippen LogP contribution in [-0.2, 0) is 6.42 Å². The van der Waals surface area contributed by atoms with Crippen LogP contribution in [0, 0.1) is 0 Å². The normalized spacial score (nSPS) is 10.2. The van der Waals surface area contributed by atoms with Gasteiger partial charge in [0.25, 0.3) is 0 Å². The molecule has 0 bridgehead atoms. The maximum Gasteiger partial charge on any atom is 0.174 e. The number of ether oxygens (including phenoxy) is 1. The fraction of sp³-hybridized carbons (Fsp3) is 0.133. The summed E-state index contributed by atoms with van der Waals surface area (Å²) in [5, 5.41) is 19.2. The number of carbonyl (C=O) groups is 1. The minimum Gasteiger partial charge on any atom is -0.507 e. The minimum absolute atomic E-state index is 0.0432. The molecule has 4 nitrogen and oxygen atoms in total. The van der Waals surface area contributed by atoms with Gasteiger partial charge >= 0.3 is 0 Å². The largest absolute Gasteiger partial charge is 0.507 e. The van der Waals surface area contributed by atoms with Crippen LogP contribution in [0.15, 0.2) is 42.5 Å². The van der Waals surface area contributed by atoms with Gasteiger partial charge in [-0.2, -0.15) is 0 Å². The van der Waals surface area contributed by atoms with E-state index in [0.717, 1.165) is 5.56 Å². The zero-order valence-corrected chi connectivity index (χ0v) is 10.5. The first-order valence-electron chi connectivity index (χ1n) is 5.79. The number of benzene rings is 2. The quantitative estimate of drug-likeness (QED) is 0.827. The van der Waals surface area contributed by atoms with Gasteiger partial charge in [0.1, 0.15) is 22.8 Å². The number of Topliss-reactive ketones (excluding diaryl/α,β-unsaturated/α-hetero) is 1. The lowest BCUT2D eigenvalue weighted by atomic mass is 10.0. The monoisotopic (exact) mass is 258 g/mol. The number of rotatable bonds is 4. The highest BCUT2D eigenvalue weighted by Crippen LogP contribution is 2.27. The molecule has 2 aromatic carbocycles. The van der Waals surface area contributed by atoms with Crippen molar-refractivity contribution in [1.82, 2.24) is 0 Å². The zero-order chi connectivity index (χ0) is 13.8. The smallest absolute Gasteiger partial charge is 0.174 e. The number of hydrogen-bond donors (Lipinski definition) is 2. The molecule has 0 saturated carbocycles. The minimum atomic E-state index is -0.333. The number of phenolic OH excluding ortho intramolecular Hbond substituents is 2. The topological polar surface area (TPSA) is 66.8 Å². The summed E-state index contributed by atoms with van der Waals surface area (Å²) in [6.07, 6.45) is 0.106. The molecule has 0 amide bonds. The summed E-state index contributed by atoms with van der Waals surface area (Å²) in [5.41, 5.74) is 0.742. The summed E-state index contributed by atoms with van der Waals surface area (Å²) in [6, 6.07) is 11.3. The van der Waals surface area contributed by atoms with Crippen LogP contribution in [0.1, 0.15) is 15.9 Å². The zero-order valence-electron chi connectivity index (χ0n) is 10.5. The first-order valence-corrected chi connectivity index (χ1v) is 5.79. The number of methoxy groups -OCH3 is 1. The SMILES string of the molecule is COc1ccc(CC(=O)c2c(O)cccc2O)cc1. The molecule has 0 radical (unpaired) electrons. The van der Waals surface area contributed by atoms with Crippen molar-refractivity contribution in [3.63, 3.8) is 0 Å². The highest BCUT2D eigenvalue weighted by Gasteiger charge is 2.16. The maximum atomic E-state index is 12.1. The van der Waals surface area contributed by atoms with E-state index in [2.05, 4.69) is 0 Å². The van der Waals surface area contributed by atoms with Gasteiger partial charge in [0.15, 0.2) is 5.78 Å². The molecule has 0 saturated heterocycles. The summed E-state index contributed by atoms with van der Waals surface area (Å²) in [5.74, 6) is -0.0422. The van der Waals surface area contributed by atoms with Crippen LogP contribution in [0.3, 0.4) is 0 Å². The van der Waals surface area contributed by atoms with Crippen LogP contribution >= 0.6 is 0 Å².